The number of thiophene rings is 2. The largest absolute Gasteiger partial charge is 0.135 e. The Hall–Kier alpha value is -7.10. The number of hydrogen-bond acceptors (Lipinski definition) is 2. The lowest BCUT2D eigenvalue weighted by molar-refractivity contribution is 1.61. The standard InChI is InChI=1S/C58H34S2/c1-2-14-35(15-3-1)36-16-4-5-19-45(36)56-46-24-10-22-39(37-20-12-26-48-41(37)30-32-50-43-17-6-8-28-54(43)59-57(48)50)52(46)34-53-40(23-11-25-47(53)56)38-21-13-27-49-42(38)31-33-51-44-18-7-9-29-55(44)60-58(49)51/h1-34H. The van der Waals surface area contributed by atoms with Crippen LogP contribution in [0.4, 0.5) is 0 Å². The highest BCUT2D eigenvalue weighted by Crippen LogP contribution is 2.49. The van der Waals surface area contributed by atoms with E-state index in [9.17, 15) is 0 Å². The Morgan fingerprint density at radius 1 is 0.217 bits per heavy atom. The summed E-state index contributed by atoms with van der Waals surface area (Å²) < 4.78 is 5.37. The molecule has 13 rings (SSSR count). The molecule has 0 aliphatic carbocycles. The van der Waals surface area contributed by atoms with Gasteiger partial charge in [0.25, 0.3) is 0 Å². The van der Waals surface area contributed by atoms with Gasteiger partial charge in [-0.15, -0.1) is 22.7 Å². The minimum absolute atomic E-state index is 1.22. The normalized spacial score (nSPS) is 12.0. The van der Waals surface area contributed by atoms with Crippen molar-refractivity contribution in [2.75, 3.05) is 0 Å². The second-order valence-electron chi connectivity index (χ2n) is 15.8. The molecular weight excluding hydrogens is 761 g/mol. The molecule has 13 aromatic rings. The molecule has 0 radical (unpaired) electrons. The molecular formula is C58H34S2. The number of fused-ring (bicyclic) bond motifs is 12. The molecule has 0 aliphatic heterocycles. The summed E-state index contributed by atoms with van der Waals surface area (Å²) in [6, 6.07) is 77.0. The molecule has 0 spiro atoms. The molecule has 0 bridgehead atoms. The average molecular weight is 795 g/mol. The van der Waals surface area contributed by atoms with E-state index in [0.717, 1.165) is 0 Å². The summed E-state index contributed by atoms with van der Waals surface area (Å²) in [6.07, 6.45) is 0. The molecule has 0 amide bonds. The van der Waals surface area contributed by atoms with Gasteiger partial charge >= 0.3 is 0 Å². The van der Waals surface area contributed by atoms with E-state index in [1.807, 2.05) is 22.7 Å². The summed E-state index contributed by atoms with van der Waals surface area (Å²) >= 11 is 3.81. The van der Waals surface area contributed by atoms with Gasteiger partial charge in [0, 0.05) is 51.1 Å². The second kappa shape index (κ2) is 13.2. The Kier molecular flexibility index (Phi) is 7.45. The van der Waals surface area contributed by atoms with E-state index >= 15 is 0 Å². The van der Waals surface area contributed by atoms with E-state index in [0.29, 0.717) is 0 Å². The van der Waals surface area contributed by atoms with Crippen molar-refractivity contribution in [3.05, 3.63) is 206 Å². The third-order valence-corrected chi connectivity index (χ3v) is 15.1. The van der Waals surface area contributed by atoms with E-state index in [-0.39, 0.29) is 0 Å². The van der Waals surface area contributed by atoms with Crippen LogP contribution >= 0.6 is 22.7 Å². The van der Waals surface area contributed by atoms with E-state index in [4.69, 9.17) is 0 Å². The highest BCUT2D eigenvalue weighted by Gasteiger charge is 2.21. The van der Waals surface area contributed by atoms with Crippen molar-refractivity contribution in [1.29, 1.82) is 0 Å². The van der Waals surface area contributed by atoms with Crippen molar-refractivity contribution in [2.45, 2.75) is 0 Å². The van der Waals surface area contributed by atoms with E-state index in [1.54, 1.807) is 0 Å². The fourth-order valence-electron chi connectivity index (χ4n) is 10.0. The van der Waals surface area contributed by atoms with Crippen LogP contribution in [0.2, 0.25) is 0 Å². The topological polar surface area (TPSA) is 0 Å². The van der Waals surface area contributed by atoms with Crippen LogP contribution in [0, 0.1) is 0 Å². The lowest BCUT2D eigenvalue weighted by Crippen LogP contribution is -1.93. The molecule has 0 aliphatic rings. The first-order valence-corrected chi connectivity index (χ1v) is 22.2. The molecule has 0 saturated carbocycles. The fourth-order valence-corrected chi connectivity index (χ4v) is 12.5. The van der Waals surface area contributed by atoms with Gasteiger partial charge in [-0.3, -0.25) is 0 Å². The number of hydrogen-bond donors (Lipinski definition) is 0. The zero-order valence-electron chi connectivity index (χ0n) is 32.4. The van der Waals surface area contributed by atoms with Crippen molar-refractivity contribution in [3.8, 4) is 44.5 Å². The predicted octanol–water partition coefficient (Wildman–Crippen LogP) is 17.7. The van der Waals surface area contributed by atoms with E-state index in [1.165, 1.54) is 128 Å². The average Bonchev–Trinajstić information content (AvgIpc) is 3.90. The van der Waals surface area contributed by atoms with Crippen molar-refractivity contribution in [3.63, 3.8) is 0 Å². The Morgan fingerprint density at radius 2 is 0.583 bits per heavy atom. The smallest absolute Gasteiger partial charge is 0.0434 e. The monoisotopic (exact) mass is 794 g/mol. The minimum atomic E-state index is 1.22. The molecule has 0 saturated heterocycles. The van der Waals surface area contributed by atoms with Crippen LogP contribution in [-0.4, -0.2) is 0 Å². The quantitative estimate of drug-likeness (QED) is 0.156. The zero-order valence-corrected chi connectivity index (χ0v) is 34.1. The van der Waals surface area contributed by atoms with Gasteiger partial charge in [-0.2, -0.15) is 0 Å². The summed E-state index contributed by atoms with van der Waals surface area (Å²) in [6.45, 7) is 0. The Morgan fingerprint density at radius 3 is 1.12 bits per heavy atom. The summed E-state index contributed by atoms with van der Waals surface area (Å²) in [7, 11) is 0. The van der Waals surface area contributed by atoms with Gasteiger partial charge in [0.15, 0.2) is 0 Å². The SMILES string of the molecule is c1ccc(-c2ccccc2-c2c3cccc(-c4cccc5c4ccc4c6ccccc6sc54)c3cc3c(-c4cccc5c4ccc4c6ccccc6sc54)cccc23)cc1. The van der Waals surface area contributed by atoms with Crippen molar-refractivity contribution in [2.24, 2.45) is 0 Å². The number of benzene rings is 11. The summed E-state index contributed by atoms with van der Waals surface area (Å²) in [5, 5.41) is 15.5. The third-order valence-electron chi connectivity index (χ3n) is 12.7. The molecule has 2 heterocycles. The maximum Gasteiger partial charge on any atom is 0.0434 e. The van der Waals surface area contributed by atoms with Gasteiger partial charge in [-0.1, -0.05) is 188 Å². The van der Waals surface area contributed by atoms with Crippen molar-refractivity contribution < 1.29 is 0 Å². The van der Waals surface area contributed by atoms with Crippen molar-refractivity contribution in [1.82, 2.24) is 0 Å². The van der Waals surface area contributed by atoms with Crippen LogP contribution in [0.15, 0.2) is 206 Å². The van der Waals surface area contributed by atoms with Crippen LogP contribution in [0.25, 0.3) is 128 Å². The van der Waals surface area contributed by atoms with Gasteiger partial charge < -0.3 is 0 Å². The highest BCUT2D eigenvalue weighted by molar-refractivity contribution is 7.27. The van der Waals surface area contributed by atoms with Gasteiger partial charge in [0.05, 0.1) is 0 Å². The molecule has 0 fully saturated rings. The fraction of sp³-hybridized carbons (Fsp3) is 0. The molecule has 278 valence electrons. The summed E-state index contributed by atoms with van der Waals surface area (Å²) in [5.41, 5.74) is 9.97. The second-order valence-corrected chi connectivity index (χ2v) is 18.0. The minimum Gasteiger partial charge on any atom is -0.135 e. The van der Waals surface area contributed by atoms with Crippen LogP contribution in [0.3, 0.4) is 0 Å². The predicted molar refractivity (Wildman–Crippen MR) is 264 cm³/mol. The Labute approximate surface area is 354 Å². The molecule has 2 aromatic heterocycles. The summed E-state index contributed by atoms with van der Waals surface area (Å²) in [5.74, 6) is 0. The van der Waals surface area contributed by atoms with E-state index in [2.05, 4.69) is 206 Å². The Balaban J connectivity index is 1.14. The van der Waals surface area contributed by atoms with Gasteiger partial charge in [0.2, 0.25) is 0 Å². The number of rotatable bonds is 4. The van der Waals surface area contributed by atoms with Gasteiger partial charge in [0.1, 0.15) is 0 Å². The first-order chi connectivity index (χ1) is 29.8. The molecule has 0 nitrogen and oxygen atoms in total. The maximum absolute atomic E-state index is 2.50. The van der Waals surface area contributed by atoms with Crippen molar-refractivity contribution >= 4 is 106 Å². The molecule has 60 heavy (non-hydrogen) atoms. The van der Waals surface area contributed by atoms with Gasteiger partial charge in [-0.05, 0) is 95.0 Å². The first kappa shape index (κ1) is 33.8. The van der Waals surface area contributed by atoms with Crippen LogP contribution in [0.1, 0.15) is 0 Å². The van der Waals surface area contributed by atoms with Crippen LogP contribution < -0.4 is 0 Å². The van der Waals surface area contributed by atoms with E-state index < -0.39 is 0 Å². The lowest BCUT2D eigenvalue weighted by atomic mass is 9.83. The maximum atomic E-state index is 2.50. The highest BCUT2D eigenvalue weighted by atomic mass is 32.1. The summed E-state index contributed by atoms with van der Waals surface area (Å²) in [4.78, 5) is 0. The Bertz CT molecular complexity index is 3670. The third kappa shape index (κ3) is 4.96. The molecule has 2 heteroatoms. The van der Waals surface area contributed by atoms with Crippen LogP contribution in [-0.2, 0) is 0 Å². The molecule has 0 unspecified atom stereocenters. The van der Waals surface area contributed by atoms with Crippen LogP contribution in [0.5, 0.6) is 0 Å². The molecule has 11 aromatic carbocycles. The zero-order chi connectivity index (χ0) is 39.3. The van der Waals surface area contributed by atoms with Gasteiger partial charge in [-0.25, -0.2) is 0 Å². The first-order valence-electron chi connectivity index (χ1n) is 20.6. The molecule has 0 N–H and O–H groups in total. The molecule has 0 atom stereocenters. The lowest BCUT2D eigenvalue weighted by Gasteiger charge is -2.20.